The predicted octanol–water partition coefficient (Wildman–Crippen LogP) is 4.92. The topological polar surface area (TPSA) is 49.4 Å². The lowest BCUT2D eigenvalue weighted by molar-refractivity contribution is -0.140. The van der Waals surface area contributed by atoms with Crippen LogP contribution in [0.3, 0.4) is 0 Å². The zero-order valence-corrected chi connectivity index (χ0v) is 19.5. The Kier molecular flexibility index (Phi) is 8.91. The number of hydrogen-bond donors (Lipinski definition) is 1. The number of nitrogens with zero attached hydrogens (tertiary/aromatic N) is 1. The van der Waals surface area contributed by atoms with Gasteiger partial charge in [-0.1, -0.05) is 80.6 Å². The van der Waals surface area contributed by atoms with Crippen LogP contribution in [0.2, 0.25) is 0 Å². The number of hydrogen-bond acceptors (Lipinski definition) is 2. The Labute approximate surface area is 199 Å². The number of rotatable bonds is 10. The van der Waals surface area contributed by atoms with Gasteiger partial charge in [0.15, 0.2) is 0 Å². The van der Waals surface area contributed by atoms with Gasteiger partial charge in [-0.15, -0.1) is 0 Å². The van der Waals surface area contributed by atoms with Gasteiger partial charge < -0.3 is 10.2 Å². The van der Waals surface area contributed by atoms with Crippen molar-refractivity contribution in [2.75, 3.05) is 6.54 Å². The van der Waals surface area contributed by atoms with Crippen LogP contribution >= 0.6 is 0 Å². The van der Waals surface area contributed by atoms with Crippen molar-refractivity contribution in [3.8, 4) is 0 Å². The van der Waals surface area contributed by atoms with Gasteiger partial charge in [0.2, 0.25) is 11.8 Å². The minimum absolute atomic E-state index is 0.105. The number of nitrogens with one attached hydrogen (secondary N) is 1. The Morgan fingerprint density at radius 3 is 1.97 bits per heavy atom. The van der Waals surface area contributed by atoms with Gasteiger partial charge in [-0.2, -0.15) is 0 Å². The molecule has 1 atom stereocenters. The molecule has 2 amide bonds. The van der Waals surface area contributed by atoms with Gasteiger partial charge in [0.1, 0.15) is 17.7 Å². The molecule has 0 fully saturated rings. The molecule has 4 nitrogen and oxygen atoms in total. The molecule has 0 aromatic heterocycles. The van der Waals surface area contributed by atoms with Crippen LogP contribution < -0.4 is 5.32 Å². The van der Waals surface area contributed by atoms with Crippen LogP contribution in [0.5, 0.6) is 0 Å². The molecule has 0 aliphatic heterocycles. The second-order valence-electron chi connectivity index (χ2n) is 8.73. The second-order valence-corrected chi connectivity index (χ2v) is 8.73. The van der Waals surface area contributed by atoms with E-state index >= 15 is 0 Å². The molecule has 0 heterocycles. The summed E-state index contributed by atoms with van der Waals surface area (Å²) in [5.41, 5.74) is 1.38. The molecule has 6 heteroatoms. The molecule has 0 spiro atoms. The summed E-state index contributed by atoms with van der Waals surface area (Å²) in [6.45, 7) is 4.30. The summed E-state index contributed by atoms with van der Waals surface area (Å²) in [5, 5.41) is 2.91. The fraction of sp³-hybridized carbons (Fsp3) is 0.286. The van der Waals surface area contributed by atoms with Crippen molar-refractivity contribution in [1.29, 1.82) is 0 Å². The van der Waals surface area contributed by atoms with Crippen molar-refractivity contribution in [3.63, 3.8) is 0 Å². The molecule has 178 valence electrons. The van der Waals surface area contributed by atoms with Crippen LogP contribution in [0.1, 0.15) is 30.5 Å². The van der Waals surface area contributed by atoms with Crippen molar-refractivity contribution in [3.05, 3.63) is 107 Å². The van der Waals surface area contributed by atoms with Crippen molar-refractivity contribution in [2.24, 2.45) is 5.92 Å². The quantitative estimate of drug-likeness (QED) is 0.463. The van der Waals surface area contributed by atoms with E-state index in [4.69, 9.17) is 0 Å². The molecular weight excluding hydrogens is 434 g/mol. The van der Waals surface area contributed by atoms with Crippen LogP contribution in [-0.4, -0.2) is 29.3 Å². The van der Waals surface area contributed by atoms with E-state index in [1.165, 1.54) is 17.0 Å². The molecule has 3 aromatic rings. The summed E-state index contributed by atoms with van der Waals surface area (Å²) in [6.07, 6.45) is 0.0199. The van der Waals surface area contributed by atoms with Gasteiger partial charge in [0.25, 0.3) is 0 Å². The standard InChI is InChI=1S/C28H30F2N2O2/c1-20(2)18-31-28(34)26(16-21-10-4-3-5-11-21)32(19-23-13-7-9-15-25(23)30)27(33)17-22-12-6-8-14-24(22)29/h3-15,20,26H,16-19H2,1-2H3,(H,31,34)/t26-/m0/s1. The molecule has 3 rings (SSSR count). The van der Waals surface area contributed by atoms with E-state index in [1.54, 1.807) is 36.4 Å². The SMILES string of the molecule is CC(C)CNC(=O)[C@H](Cc1ccccc1)N(Cc1ccccc1F)C(=O)Cc1ccccc1F. The van der Waals surface area contributed by atoms with E-state index in [0.717, 1.165) is 5.56 Å². The van der Waals surface area contributed by atoms with Crippen LogP contribution in [-0.2, 0) is 29.0 Å². The first-order valence-corrected chi connectivity index (χ1v) is 11.4. The summed E-state index contributed by atoms with van der Waals surface area (Å²) in [6, 6.07) is 20.7. The summed E-state index contributed by atoms with van der Waals surface area (Å²) in [4.78, 5) is 28.2. The molecule has 0 unspecified atom stereocenters. The lowest BCUT2D eigenvalue weighted by Gasteiger charge is -2.32. The summed E-state index contributed by atoms with van der Waals surface area (Å²) >= 11 is 0. The van der Waals surface area contributed by atoms with Crippen LogP contribution in [0.15, 0.2) is 78.9 Å². The highest BCUT2D eigenvalue weighted by molar-refractivity contribution is 5.88. The second kappa shape index (κ2) is 12.1. The lowest BCUT2D eigenvalue weighted by Crippen LogP contribution is -2.51. The summed E-state index contributed by atoms with van der Waals surface area (Å²) in [5.74, 6) is -1.52. The third-order valence-electron chi connectivity index (χ3n) is 5.55. The Bertz CT molecular complexity index is 1100. The molecule has 0 aliphatic carbocycles. The zero-order chi connectivity index (χ0) is 24.5. The van der Waals surface area contributed by atoms with E-state index < -0.39 is 23.6 Å². The van der Waals surface area contributed by atoms with Gasteiger partial charge in [-0.25, -0.2) is 8.78 Å². The zero-order valence-electron chi connectivity index (χ0n) is 19.5. The predicted molar refractivity (Wildman–Crippen MR) is 129 cm³/mol. The number of carbonyl (C=O) groups is 2. The fourth-order valence-electron chi connectivity index (χ4n) is 3.69. The normalized spacial score (nSPS) is 11.8. The average molecular weight is 465 g/mol. The third-order valence-corrected chi connectivity index (χ3v) is 5.55. The Morgan fingerprint density at radius 2 is 1.38 bits per heavy atom. The molecule has 0 saturated carbocycles. The van der Waals surface area contributed by atoms with Gasteiger partial charge >= 0.3 is 0 Å². The number of halogens is 2. The number of benzene rings is 3. The Balaban J connectivity index is 1.98. The molecule has 34 heavy (non-hydrogen) atoms. The first-order chi connectivity index (χ1) is 16.3. The van der Waals surface area contributed by atoms with Crippen molar-refractivity contribution >= 4 is 11.8 Å². The summed E-state index contributed by atoms with van der Waals surface area (Å²) < 4.78 is 28.9. The number of carbonyl (C=O) groups excluding carboxylic acids is 2. The molecule has 3 aromatic carbocycles. The number of amides is 2. The van der Waals surface area contributed by atoms with Gasteiger partial charge in [0.05, 0.1) is 6.42 Å². The first-order valence-electron chi connectivity index (χ1n) is 11.4. The van der Waals surface area contributed by atoms with Crippen molar-refractivity contribution < 1.29 is 18.4 Å². The maximum absolute atomic E-state index is 14.6. The van der Waals surface area contributed by atoms with Crippen LogP contribution in [0.25, 0.3) is 0 Å². The highest BCUT2D eigenvalue weighted by atomic mass is 19.1. The maximum atomic E-state index is 14.6. The molecule has 1 N–H and O–H groups in total. The highest BCUT2D eigenvalue weighted by Gasteiger charge is 2.31. The van der Waals surface area contributed by atoms with E-state index in [0.29, 0.717) is 12.1 Å². The van der Waals surface area contributed by atoms with E-state index in [1.807, 2.05) is 44.2 Å². The van der Waals surface area contributed by atoms with Crippen LogP contribution in [0.4, 0.5) is 8.78 Å². The van der Waals surface area contributed by atoms with E-state index in [-0.39, 0.29) is 36.8 Å². The van der Waals surface area contributed by atoms with Crippen LogP contribution in [0, 0.1) is 17.6 Å². The largest absolute Gasteiger partial charge is 0.354 e. The summed E-state index contributed by atoms with van der Waals surface area (Å²) in [7, 11) is 0. The third kappa shape index (κ3) is 6.98. The maximum Gasteiger partial charge on any atom is 0.243 e. The van der Waals surface area contributed by atoms with E-state index in [2.05, 4.69) is 5.32 Å². The smallest absolute Gasteiger partial charge is 0.243 e. The molecule has 0 bridgehead atoms. The first kappa shape index (κ1) is 25.1. The molecule has 0 aliphatic rings. The average Bonchev–Trinajstić information content (AvgIpc) is 2.83. The lowest BCUT2D eigenvalue weighted by atomic mass is 10.0. The molecule has 0 saturated heterocycles. The monoisotopic (exact) mass is 464 g/mol. The minimum atomic E-state index is -0.889. The fourth-order valence-corrected chi connectivity index (χ4v) is 3.69. The van der Waals surface area contributed by atoms with Crippen molar-refractivity contribution in [1.82, 2.24) is 10.2 Å². The Hall–Kier alpha value is -3.54. The van der Waals surface area contributed by atoms with Gasteiger partial charge in [0, 0.05) is 25.1 Å². The highest BCUT2D eigenvalue weighted by Crippen LogP contribution is 2.19. The minimum Gasteiger partial charge on any atom is -0.354 e. The molecule has 0 radical (unpaired) electrons. The van der Waals surface area contributed by atoms with Gasteiger partial charge in [-0.3, -0.25) is 9.59 Å². The Morgan fingerprint density at radius 1 is 0.824 bits per heavy atom. The van der Waals surface area contributed by atoms with Crippen molar-refractivity contribution in [2.45, 2.75) is 39.3 Å². The van der Waals surface area contributed by atoms with E-state index in [9.17, 15) is 18.4 Å². The molecular formula is C28H30F2N2O2. The van der Waals surface area contributed by atoms with Gasteiger partial charge in [-0.05, 0) is 29.2 Å².